The largest absolute Gasteiger partial charge is 0.495 e. The Morgan fingerprint density at radius 1 is 1.12 bits per heavy atom. The molecule has 1 fully saturated rings. The van der Waals surface area contributed by atoms with Crippen LogP contribution >= 0.6 is 0 Å². The molecule has 1 aromatic carbocycles. The molecule has 0 bridgehead atoms. The SMILES string of the molecule is CC[C@H](c1nnnn1C(C)(C)C)N1CCN(c2ccccc2OC)CC1. The molecule has 142 valence electrons. The van der Waals surface area contributed by atoms with Crippen molar-refractivity contribution in [2.45, 2.75) is 45.7 Å². The number of hydrogen-bond acceptors (Lipinski definition) is 6. The molecule has 1 saturated heterocycles. The second-order valence-corrected chi connectivity index (χ2v) is 7.74. The highest BCUT2D eigenvalue weighted by atomic mass is 16.5. The van der Waals surface area contributed by atoms with Crippen molar-refractivity contribution in [3.05, 3.63) is 30.1 Å². The van der Waals surface area contributed by atoms with E-state index in [1.165, 1.54) is 5.69 Å². The molecule has 1 aliphatic rings. The first-order valence-electron chi connectivity index (χ1n) is 9.36. The van der Waals surface area contributed by atoms with E-state index in [0.717, 1.165) is 44.2 Å². The molecular weight excluding hydrogens is 328 g/mol. The smallest absolute Gasteiger partial charge is 0.168 e. The van der Waals surface area contributed by atoms with Gasteiger partial charge in [-0.05, 0) is 49.8 Å². The Hall–Kier alpha value is -2.15. The van der Waals surface area contributed by atoms with E-state index in [0.29, 0.717) is 0 Å². The van der Waals surface area contributed by atoms with E-state index < -0.39 is 0 Å². The third-order valence-electron chi connectivity index (χ3n) is 4.99. The second kappa shape index (κ2) is 7.61. The predicted molar refractivity (Wildman–Crippen MR) is 103 cm³/mol. The Balaban J connectivity index is 1.73. The molecule has 0 aliphatic carbocycles. The van der Waals surface area contributed by atoms with Crippen molar-refractivity contribution >= 4 is 5.69 Å². The minimum Gasteiger partial charge on any atom is -0.495 e. The van der Waals surface area contributed by atoms with Gasteiger partial charge in [0.1, 0.15) is 5.75 Å². The van der Waals surface area contributed by atoms with E-state index in [9.17, 15) is 0 Å². The normalized spacial score (nSPS) is 17.3. The third-order valence-corrected chi connectivity index (χ3v) is 4.99. The number of hydrogen-bond donors (Lipinski definition) is 0. The standard InChI is InChI=1S/C19H30N6O/c1-6-15(18-20-21-22-25(18)19(2,3)4)23-11-13-24(14-12-23)16-9-7-8-10-17(16)26-5/h7-10,15H,6,11-14H2,1-5H3/t15-/m1/s1. The summed E-state index contributed by atoms with van der Waals surface area (Å²) < 4.78 is 7.49. The van der Waals surface area contributed by atoms with Gasteiger partial charge < -0.3 is 9.64 Å². The Morgan fingerprint density at radius 3 is 2.42 bits per heavy atom. The van der Waals surface area contributed by atoms with Crippen LogP contribution in [-0.2, 0) is 5.54 Å². The van der Waals surface area contributed by atoms with Crippen LogP contribution in [0.1, 0.15) is 46.0 Å². The van der Waals surface area contributed by atoms with Gasteiger partial charge >= 0.3 is 0 Å². The number of nitrogens with zero attached hydrogens (tertiary/aromatic N) is 6. The molecule has 0 radical (unpaired) electrons. The molecule has 0 saturated carbocycles. The van der Waals surface area contributed by atoms with Gasteiger partial charge in [0.2, 0.25) is 0 Å². The van der Waals surface area contributed by atoms with Crippen molar-refractivity contribution in [2.24, 2.45) is 0 Å². The highest BCUT2D eigenvalue weighted by Crippen LogP contribution is 2.31. The minimum absolute atomic E-state index is 0.120. The second-order valence-electron chi connectivity index (χ2n) is 7.74. The van der Waals surface area contributed by atoms with Crippen molar-refractivity contribution < 1.29 is 4.74 Å². The molecule has 2 aromatic rings. The zero-order valence-corrected chi connectivity index (χ0v) is 16.5. The molecule has 26 heavy (non-hydrogen) atoms. The van der Waals surface area contributed by atoms with Crippen molar-refractivity contribution in [1.82, 2.24) is 25.1 Å². The van der Waals surface area contributed by atoms with Gasteiger partial charge in [-0.3, -0.25) is 4.90 Å². The van der Waals surface area contributed by atoms with Gasteiger partial charge in [-0.15, -0.1) is 5.10 Å². The maximum Gasteiger partial charge on any atom is 0.168 e. The van der Waals surface area contributed by atoms with Crippen LogP contribution in [0.5, 0.6) is 5.75 Å². The monoisotopic (exact) mass is 358 g/mol. The summed E-state index contributed by atoms with van der Waals surface area (Å²) in [6.07, 6.45) is 0.991. The summed E-state index contributed by atoms with van der Waals surface area (Å²) in [7, 11) is 1.73. The predicted octanol–water partition coefficient (Wildman–Crippen LogP) is 2.71. The zero-order chi connectivity index (χ0) is 18.7. The van der Waals surface area contributed by atoms with Gasteiger partial charge in [0.05, 0.1) is 24.4 Å². The lowest BCUT2D eigenvalue weighted by Gasteiger charge is -2.40. The quantitative estimate of drug-likeness (QED) is 0.819. The number of ether oxygens (including phenoxy) is 1. The maximum absolute atomic E-state index is 5.52. The molecular formula is C19H30N6O. The summed E-state index contributed by atoms with van der Waals surface area (Å²) in [5.74, 6) is 1.90. The number of anilines is 1. The fraction of sp³-hybridized carbons (Fsp3) is 0.632. The van der Waals surface area contributed by atoms with Gasteiger partial charge in [-0.25, -0.2) is 4.68 Å². The van der Waals surface area contributed by atoms with Crippen LogP contribution in [0.4, 0.5) is 5.69 Å². The van der Waals surface area contributed by atoms with Crippen LogP contribution < -0.4 is 9.64 Å². The Labute approximate surface area is 155 Å². The minimum atomic E-state index is -0.120. The van der Waals surface area contributed by atoms with E-state index in [-0.39, 0.29) is 11.6 Å². The number of para-hydroxylation sites is 2. The fourth-order valence-corrected chi connectivity index (χ4v) is 3.65. The van der Waals surface area contributed by atoms with E-state index in [1.54, 1.807) is 7.11 Å². The molecule has 1 atom stereocenters. The first-order chi connectivity index (χ1) is 12.5. The zero-order valence-electron chi connectivity index (χ0n) is 16.5. The highest BCUT2D eigenvalue weighted by molar-refractivity contribution is 5.58. The number of benzene rings is 1. The van der Waals surface area contributed by atoms with Crippen LogP contribution in [0.15, 0.2) is 24.3 Å². The number of rotatable bonds is 5. The van der Waals surface area contributed by atoms with Crippen molar-refractivity contribution in [1.29, 1.82) is 0 Å². The maximum atomic E-state index is 5.52. The van der Waals surface area contributed by atoms with Crippen LogP contribution in [0.2, 0.25) is 0 Å². The summed E-state index contributed by atoms with van der Waals surface area (Å²) in [5, 5.41) is 12.5. The summed E-state index contributed by atoms with van der Waals surface area (Å²) >= 11 is 0. The highest BCUT2D eigenvalue weighted by Gasteiger charge is 2.31. The van der Waals surface area contributed by atoms with E-state index in [2.05, 4.69) is 65.2 Å². The molecule has 0 amide bonds. The topological polar surface area (TPSA) is 59.3 Å². The molecule has 1 aliphatic heterocycles. The average Bonchev–Trinajstić information content (AvgIpc) is 3.13. The molecule has 0 N–H and O–H groups in total. The van der Waals surface area contributed by atoms with Gasteiger partial charge in [-0.2, -0.15) is 0 Å². The van der Waals surface area contributed by atoms with E-state index >= 15 is 0 Å². The molecule has 0 unspecified atom stereocenters. The molecule has 1 aromatic heterocycles. The lowest BCUT2D eigenvalue weighted by molar-refractivity contribution is 0.161. The fourth-order valence-electron chi connectivity index (χ4n) is 3.65. The first-order valence-corrected chi connectivity index (χ1v) is 9.36. The molecule has 2 heterocycles. The van der Waals surface area contributed by atoms with Crippen LogP contribution in [0.3, 0.4) is 0 Å². The van der Waals surface area contributed by atoms with Crippen molar-refractivity contribution in [3.63, 3.8) is 0 Å². The Kier molecular flexibility index (Phi) is 5.46. The number of methoxy groups -OCH3 is 1. The van der Waals surface area contributed by atoms with Gasteiger partial charge in [0, 0.05) is 26.2 Å². The van der Waals surface area contributed by atoms with Crippen molar-refractivity contribution in [2.75, 3.05) is 38.2 Å². The summed E-state index contributed by atoms with van der Waals surface area (Å²) in [5.41, 5.74) is 1.05. The van der Waals surface area contributed by atoms with Crippen LogP contribution in [0, 0.1) is 0 Å². The Bertz CT molecular complexity index is 715. The van der Waals surface area contributed by atoms with E-state index in [1.807, 2.05) is 16.8 Å². The average molecular weight is 358 g/mol. The van der Waals surface area contributed by atoms with Gasteiger partial charge in [-0.1, -0.05) is 19.1 Å². The van der Waals surface area contributed by atoms with Crippen LogP contribution in [-0.4, -0.2) is 58.4 Å². The Morgan fingerprint density at radius 2 is 1.81 bits per heavy atom. The van der Waals surface area contributed by atoms with Crippen LogP contribution in [0.25, 0.3) is 0 Å². The summed E-state index contributed by atoms with van der Waals surface area (Å²) in [6, 6.07) is 8.47. The molecule has 7 nitrogen and oxygen atoms in total. The first kappa shape index (κ1) is 18.6. The van der Waals surface area contributed by atoms with Gasteiger partial charge in [0.15, 0.2) is 5.82 Å². The van der Waals surface area contributed by atoms with Gasteiger partial charge in [0.25, 0.3) is 0 Å². The lowest BCUT2D eigenvalue weighted by Crippen LogP contribution is -2.48. The van der Waals surface area contributed by atoms with E-state index in [4.69, 9.17) is 4.74 Å². The van der Waals surface area contributed by atoms with Crippen molar-refractivity contribution in [3.8, 4) is 5.75 Å². The summed E-state index contributed by atoms with van der Waals surface area (Å²) in [4.78, 5) is 4.90. The number of piperazine rings is 1. The number of tetrazole rings is 1. The number of aromatic nitrogens is 4. The molecule has 3 rings (SSSR count). The molecule has 0 spiro atoms. The lowest BCUT2D eigenvalue weighted by atomic mass is 10.1. The molecule has 7 heteroatoms. The third kappa shape index (κ3) is 3.67. The summed E-state index contributed by atoms with van der Waals surface area (Å²) in [6.45, 7) is 12.5.